The average molecular weight is 700 g/mol. The van der Waals surface area contributed by atoms with Crippen molar-refractivity contribution in [3.05, 3.63) is 12.2 Å². The standard InChI is InChI=1S/C42H69NO5S/c1-28(2)29-12-17-42(20-21-43-22-24-49(47)25-23-43)19-18-40(8)30(36(29)42)10-11-32-39(7)15-14-33(38(5,6)31(39)13-16-41(32,40)9)48-35(46)27-37(3,4)26-34(44)45/h29-33,36H,1,10-27H2,2-9H3,(H,44,45)/t29-,30+,31-,32+,33-,36+,39-,40+,41+,42+/m0/s1. The average Bonchev–Trinajstić information content (AvgIpc) is 3.38. The molecule has 0 unspecified atom stereocenters. The molecule has 5 saturated carbocycles. The highest BCUT2D eigenvalue weighted by molar-refractivity contribution is 7.85. The van der Waals surface area contributed by atoms with E-state index in [4.69, 9.17) is 4.74 Å². The predicted octanol–water partition coefficient (Wildman–Crippen LogP) is 8.90. The van der Waals surface area contributed by atoms with E-state index in [-0.39, 0.29) is 41.2 Å². The van der Waals surface area contributed by atoms with E-state index in [2.05, 4.69) is 53.0 Å². The maximum Gasteiger partial charge on any atom is 0.306 e. The number of esters is 1. The number of carbonyl (C=O) groups excluding carboxylic acids is 1. The van der Waals surface area contributed by atoms with Crippen molar-refractivity contribution in [2.24, 2.45) is 62.1 Å². The second-order valence-electron chi connectivity index (χ2n) is 20.2. The number of carboxylic acids is 1. The summed E-state index contributed by atoms with van der Waals surface area (Å²) in [7, 11) is -0.623. The van der Waals surface area contributed by atoms with Crippen LogP contribution in [0.4, 0.5) is 0 Å². The molecule has 0 aromatic heterocycles. The fourth-order valence-corrected chi connectivity index (χ4v) is 15.4. The number of aliphatic carboxylic acids is 1. The molecule has 6 aliphatic rings. The lowest BCUT2D eigenvalue weighted by Gasteiger charge is -2.73. The number of nitrogens with zero attached hydrogens (tertiary/aromatic N) is 1. The number of fused-ring (bicyclic) bond motifs is 7. The van der Waals surface area contributed by atoms with Crippen LogP contribution >= 0.6 is 0 Å². The Morgan fingerprint density at radius 1 is 0.878 bits per heavy atom. The van der Waals surface area contributed by atoms with Crippen molar-refractivity contribution in [1.29, 1.82) is 0 Å². The van der Waals surface area contributed by atoms with Crippen LogP contribution in [0, 0.1) is 62.1 Å². The molecule has 1 N–H and O–H groups in total. The minimum absolute atomic E-state index is 0.0341. The zero-order valence-corrected chi connectivity index (χ0v) is 33.2. The van der Waals surface area contributed by atoms with Gasteiger partial charge in [0.15, 0.2) is 0 Å². The molecule has 1 saturated heterocycles. The molecule has 1 heterocycles. The molecule has 0 bridgehead atoms. The van der Waals surface area contributed by atoms with Crippen molar-refractivity contribution in [1.82, 2.24) is 4.90 Å². The lowest BCUT2D eigenvalue weighted by Crippen LogP contribution is -2.66. The molecule has 0 aromatic rings. The molecule has 7 heteroatoms. The van der Waals surface area contributed by atoms with Crippen molar-refractivity contribution in [3.63, 3.8) is 0 Å². The third-order valence-electron chi connectivity index (χ3n) is 16.9. The number of rotatable bonds is 9. The van der Waals surface area contributed by atoms with Gasteiger partial charge in [-0.25, -0.2) is 0 Å². The van der Waals surface area contributed by atoms with Crippen LogP contribution in [0.25, 0.3) is 0 Å². The summed E-state index contributed by atoms with van der Waals surface area (Å²) in [4.78, 5) is 27.2. The van der Waals surface area contributed by atoms with Crippen LogP contribution < -0.4 is 0 Å². The molecular formula is C42H69NO5S. The van der Waals surface area contributed by atoms with Gasteiger partial charge in [0.1, 0.15) is 6.10 Å². The minimum atomic E-state index is -0.871. The molecule has 0 amide bonds. The topological polar surface area (TPSA) is 83.9 Å². The number of carboxylic acid groups (broad SMARTS) is 1. The van der Waals surface area contributed by atoms with Gasteiger partial charge in [-0.05, 0) is 141 Å². The maximum atomic E-state index is 13.2. The predicted molar refractivity (Wildman–Crippen MR) is 198 cm³/mol. The molecule has 6 nitrogen and oxygen atoms in total. The lowest BCUT2D eigenvalue weighted by molar-refractivity contribution is -0.250. The molecule has 0 radical (unpaired) electrons. The van der Waals surface area contributed by atoms with Crippen molar-refractivity contribution < 1.29 is 23.6 Å². The highest BCUT2D eigenvalue weighted by Gasteiger charge is 2.71. The molecule has 49 heavy (non-hydrogen) atoms. The van der Waals surface area contributed by atoms with Gasteiger partial charge in [0.05, 0.1) is 12.8 Å². The summed E-state index contributed by atoms with van der Waals surface area (Å²) >= 11 is 0. The highest BCUT2D eigenvalue weighted by Crippen LogP contribution is 2.78. The monoisotopic (exact) mass is 699 g/mol. The first-order valence-corrected chi connectivity index (χ1v) is 21.4. The Labute approximate surface area is 300 Å². The largest absolute Gasteiger partial charge is 0.481 e. The number of hydrogen-bond donors (Lipinski definition) is 1. The maximum absolute atomic E-state index is 13.2. The van der Waals surface area contributed by atoms with Gasteiger partial charge in [-0.15, -0.1) is 0 Å². The quantitative estimate of drug-likeness (QED) is 0.191. The first-order valence-electron chi connectivity index (χ1n) is 19.9. The van der Waals surface area contributed by atoms with Gasteiger partial charge in [0.25, 0.3) is 0 Å². The van der Waals surface area contributed by atoms with Gasteiger partial charge >= 0.3 is 11.9 Å². The normalized spacial score (nSPS) is 43.8. The number of ether oxygens (including phenoxy) is 1. The Bertz CT molecular complexity index is 1330. The fraction of sp³-hybridized carbons (Fsp3) is 0.905. The Balaban J connectivity index is 1.21. The summed E-state index contributed by atoms with van der Waals surface area (Å²) in [6.45, 7) is 26.5. The summed E-state index contributed by atoms with van der Waals surface area (Å²) < 4.78 is 18.4. The van der Waals surface area contributed by atoms with Crippen LogP contribution in [-0.4, -0.2) is 63.4 Å². The van der Waals surface area contributed by atoms with Crippen LogP contribution in [0.3, 0.4) is 0 Å². The summed E-state index contributed by atoms with van der Waals surface area (Å²) in [6, 6.07) is 0. The first-order chi connectivity index (χ1) is 22.8. The van der Waals surface area contributed by atoms with Gasteiger partial charge < -0.3 is 14.7 Å². The summed E-state index contributed by atoms with van der Waals surface area (Å²) in [6.07, 6.45) is 13.7. The van der Waals surface area contributed by atoms with Gasteiger partial charge in [-0.2, -0.15) is 0 Å². The Morgan fingerprint density at radius 3 is 2.22 bits per heavy atom. The molecule has 0 spiro atoms. The Morgan fingerprint density at radius 2 is 1.57 bits per heavy atom. The van der Waals surface area contributed by atoms with E-state index in [0.29, 0.717) is 28.6 Å². The van der Waals surface area contributed by atoms with Crippen molar-refractivity contribution in [2.75, 3.05) is 31.1 Å². The number of allylic oxidation sites excluding steroid dienone is 1. The molecule has 0 aromatic carbocycles. The van der Waals surface area contributed by atoms with Crippen molar-refractivity contribution >= 4 is 22.7 Å². The van der Waals surface area contributed by atoms with Gasteiger partial charge in [0, 0.05) is 40.8 Å². The van der Waals surface area contributed by atoms with E-state index < -0.39 is 22.2 Å². The molecule has 10 atom stereocenters. The van der Waals surface area contributed by atoms with Crippen LogP contribution in [0.15, 0.2) is 12.2 Å². The van der Waals surface area contributed by atoms with Crippen LogP contribution in [0.1, 0.15) is 139 Å². The van der Waals surface area contributed by atoms with Crippen LogP contribution in [0.5, 0.6) is 0 Å². The Hall–Kier alpha value is -1.21. The third-order valence-corrected chi connectivity index (χ3v) is 18.2. The first kappa shape index (κ1) is 37.5. The van der Waals surface area contributed by atoms with E-state index in [9.17, 15) is 18.9 Å². The van der Waals surface area contributed by atoms with Gasteiger partial charge in [-0.3, -0.25) is 13.8 Å². The number of carbonyl (C=O) groups is 2. The number of hydrogen-bond acceptors (Lipinski definition) is 5. The molecule has 1 aliphatic heterocycles. The third kappa shape index (κ3) is 6.33. The minimum Gasteiger partial charge on any atom is -0.481 e. The molecule has 6 rings (SSSR count). The SMILES string of the molecule is C=C(C)[C@@H]1CC[C@]2(CCN3CCS(=O)CC3)CC[C@]3(C)[C@H](CC[C@@H]4[C@@]5(C)CC[C@H](OC(=O)CC(C)(C)CC(=O)O)C(C)(C)[C@@H]5CC[C@]43C)[C@@H]12. The smallest absolute Gasteiger partial charge is 0.306 e. The summed E-state index contributed by atoms with van der Waals surface area (Å²) in [5.74, 6) is 3.82. The summed E-state index contributed by atoms with van der Waals surface area (Å²) in [5.41, 5.74) is 1.88. The van der Waals surface area contributed by atoms with Crippen molar-refractivity contribution in [3.8, 4) is 0 Å². The zero-order valence-electron chi connectivity index (χ0n) is 32.3. The van der Waals surface area contributed by atoms with E-state index in [1.807, 2.05) is 13.8 Å². The molecule has 5 aliphatic carbocycles. The molecular weight excluding hydrogens is 631 g/mol. The van der Waals surface area contributed by atoms with Gasteiger partial charge in [0.2, 0.25) is 0 Å². The van der Waals surface area contributed by atoms with Crippen LogP contribution in [0.2, 0.25) is 0 Å². The molecule has 6 fully saturated rings. The fourth-order valence-electron chi connectivity index (χ4n) is 14.2. The second-order valence-corrected chi connectivity index (χ2v) is 21.9. The zero-order chi connectivity index (χ0) is 35.8. The van der Waals surface area contributed by atoms with E-state index in [1.54, 1.807) is 0 Å². The summed E-state index contributed by atoms with van der Waals surface area (Å²) in [5, 5.41) is 9.34. The van der Waals surface area contributed by atoms with Crippen LogP contribution in [-0.2, 0) is 25.1 Å². The van der Waals surface area contributed by atoms with Gasteiger partial charge in [-0.1, -0.05) is 60.6 Å². The lowest BCUT2D eigenvalue weighted by atomic mass is 9.32. The molecule has 278 valence electrons. The second kappa shape index (κ2) is 13.0. The Kier molecular flexibility index (Phi) is 9.98. The van der Waals surface area contributed by atoms with Crippen molar-refractivity contribution in [2.45, 2.75) is 145 Å². The van der Waals surface area contributed by atoms with E-state index in [0.717, 1.165) is 55.8 Å². The van der Waals surface area contributed by atoms with E-state index in [1.165, 1.54) is 63.4 Å². The van der Waals surface area contributed by atoms with E-state index >= 15 is 0 Å². The highest BCUT2D eigenvalue weighted by atomic mass is 32.2.